The van der Waals surface area contributed by atoms with Crippen molar-refractivity contribution in [3.05, 3.63) is 58.6 Å². The molecule has 18 heavy (non-hydrogen) atoms. The van der Waals surface area contributed by atoms with Crippen LogP contribution in [0.5, 0.6) is 5.75 Å². The van der Waals surface area contributed by atoms with Crippen LogP contribution in [-0.4, -0.2) is 8.42 Å². The molecule has 0 aliphatic carbocycles. The van der Waals surface area contributed by atoms with Crippen LogP contribution in [0.3, 0.4) is 0 Å². The monoisotopic (exact) mass is 302 g/mol. The Morgan fingerprint density at radius 2 is 1.56 bits per heavy atom. The summed E-state index contributed by atoms with van der Waals surface area (Å²) < 4.78 is 29.0. The molecule has 6 heteroatoms. The van der Waals surface area contributed by atoms with Crippen molar-refractivity contribution in [3.63, 3.8) is 0 Å². The fraction of sp³-hybridized carbons (Fsp3) is 0. The maximum Gasteiger partial charge on any atom is 0.340 e. The maximum absolute atomic E-state index is 12.0. The molecule has 0 spiro atoms. The molecule has 0 N–H and O–H groups in total. The summed E-state index contributed by atoms with van der Waals surface area (Å²) in [6.45, 7) is 0. The van der Waals surface area contributed by atoms with Gasteiger partial charge in [0.15, 0.2) is 0 Å². The highest BCUT2D eigenvalue weighted by Gasteiger charge is 2.21. The predicted octanol–water partition coefficient (Wildman–Crippen LogP) is 3.76. The lowest BCUT2D eigenvalue weighted by Gasteiger charge is -2.08. The lowest BCUT2D eigenvalue weighted by Crippen LogP contribution is -2.10. The summed E-state index contributed by atoms with van der Waals surface area (Å²) in [6.07, 6.45) is 0. The number of benzene rings is 2. The largest absolute Gasteiger partial charge is 0.379 e. The van der Waals surface area contributed by atoms with Crippen molar-refractivity contribution in [3.8, 4) is 5.75 Å². The van der Waals surface area contributed by atoms with Gasteiger partial charge in [-0.05, 0) is 24.3 Å². The zero-order chi connectivity index (χ0) is 13.2. The highest BCUT2D eigenvalue weighted by molar-refractivity contribution is 7.87. The molecule has 0 heterocycles. The zero-order valence-corrected chi connectivity index (χ0v) is 11.3. The predicted molar refractivity (Wildman–Crippen MR) is 70.7 cm³/mol. The second-order valence-electron chi connectivity index (χ2n) is 3.40. The molecule has 0 saturated heterocycles. The maximum atomic E-state index is 12.0. The average Bonchev–Trinajstić information content (AvgIpc) is 2.33. The molecule has 0 amide bonds. The number of rotatable bonds is 3. The van der Waals surface area contributed by atoms with E-state index in [1.807, 2.05) is 0 Å². The van der Waals surface area contributed by atoms with Crippen molar-refractivity contribution >= 4 is 33.3 Å². The summed E-state index contributed by atoms with van der Waals surface area (Å²) in [5.74, 6) is 0.216. The van der Waals surface area contributed by atoms with Gasteiger partial charge in [-0.15, -0.1) is 0 Å². The van der Waals surface area contributed by atoms with E-state index < -0.39 is 10.1 Å². The number of halogens is 2. The van der Waals surface area contributed by atoms with Gasteiger partial charge in [0.2, 0.25) is 0 Å². The minimum atomic E-state index is -3.98. The fourth-order valence-electron chi connectivity index (χ4n) is 1.32. The van der Waals surface area contributed by atoms with E-state index >= 15 is 0 Å². The van der Waals surface area contributed by atoms with E-state index in [2.05, 4.69) is 0 Å². The summed E-state index contributed by atoms with van der Waals surface area (Å²) in [5, 5.41) is 0.115. The molecule has 0 aromatic heterocycles. The van der Waals surface area contributed by atoms with Crippen LogP contribution in [0, 0.1) is 0 Å². The standard InChI is InChI=1S/C12H8Cl2O3S/c13-10-7-4-8-11(12(10)14)18(15,16)17-9-5-2-1-3-6-9/h1-8H. The third-order valence-electron chi connectivity index (χ3n) is 2.13. The van der Waals surface area contributed by atoms with Gasteiger partial charge in [0.1, 0.15) is 10.6 Å². The molecule has 0 radical (unpaired) electrons. The number of para-hydroxylation sites is 1. The molecule has 2 rings (SSSR count). The molecule has 2 aromatic rings. The fourth-order valence-corrected chi connectivity index (χ4v) is 2.99. The Morgan fingerprint density at radius 3 is 2.22 bits per heavy atom. The van der Waals surface area contributed by atoms with E-state index in [0.717, 1.165) is 0 Å². The SMILES string of the molecule is O=S(=O)(Oc1ccccc1)c1cccc(Cl)c1Cl. The van der Waals surface area contributed by atoms with Crippen LogP contribution in [-0.2, 0) is 10.1 Å². The number of hydrogen-bond acceptors (Lipinski definition) is 3. The Labute approximate surface area is 115 Å². The van der Waals surface area contributed by atoms with Gasteiger partial charge in [0.05, 0.1) is 10.0 Å². The van der Waals surface area contributed by atoms with E-state index in [1.165, 1.54) is 30.3 Å². The van der Waals surface area contributed by atoms with Gasteiger partial charge in [-0.2, -0.15) is 8.42 Å². The van der Waals surface area contributed by atoms with E-state index in [4.69, 9.17) is 27.4 Å². The summed E-state index contributed by atoms with van der Waals surface area (Å²) in [5.41, 5.74) is 0. The molecule has 0 aliphatic rings. The molecule has 2 aromatic carbocycles. The van der Waals surface area contributed by atoms with Crippen LogP contribution in [0.25, 0.3) is 0 Å². The Bertz CT molecular complexity index is 654. The second-order valence-corrected chi connectivity index (χ2v) is 5.70. The molecular formula is C12H8Cl2O3S. The van der Waals surface area contributed by atoms with Gasteiger partial charge in [0.25, 0.3) is 0 Å². The Balaban J connectivity index is 2.41. The second kappa shape index (κ2) is 5.18. The first kappa shape index (κ1) is 13.2. The van der Waals surface area contributed by atoms with Crippen LogP contribution < -0.4 is 4.18 Å². The van der Waals surface area contributed by atoms with Crippen LogP contribution in [0.4, 0.5) is 0 Å². The van der Waals surface area contributed by atoms with Crippen molar-refractivity contribution in [2.75, 3.05) is 0 Å². The van der Waals surface area contributed by atoms with Gasteiger partial charge < -0.3 is 4.18 Å². The van der Waals surface area contributed by atoms with Crippen molar-refractivity contribution < 1.29 is 12.6 Å². The van der Waals surface area contributed by atoms with Crippen molar-refractivity contribution in [2.24, 2.45) is 0 Å². The minimum absolute atomic E-state index is 0.0462. The number of hydrogen-bond donors (Lipinski definition) is 0. The van der Waals surface area contributed by atoms with Gasteiger partial charge in [-0.25, -0.2) is 0 Å². The topological polar surface area (TPSA) is 43.4 Å². The Morgan fingerprint density at radius 1 is 0.889 bits per heavy atom. The van der Waals surface area contributed by atoms with Crippen LogP contribution >= 0.6 is 23.2 Å². The third kappa shape index (κ3) is 2.77. The van der Waals surface area contributed by atoms with E-state index in [0.29, 0.717) is 0 Å². The Hall–Kier alpha value is -1.23. The lowest BCUT2D eigenvalue weighted by molar-refractivity contribution is 0.486. The first-order valence-corrected chi connectivity index (χ1v) is 7.11. The van der Waals surface area contributed by atoms with E-state index in [9.17, 15) is 8.42 Å². The molecule has 0 fully saturated rings. The van der Waals surface area contributed by atoms with Crippen molar-refractivity contribution in [2.45, 2.75) is 4.90 Å². The van der Waals surface area contributed by atoms with Crippen LogP contribution in [0.15, 0.2) is 53.4 Å². The highest BCUT2D eigenvalue weighted by atomic mass is 35.5. The molecule has 0 unspecified atom stereocenters. The normalized spacial score (nSPS) is 11.2. The third-order valence-corrected chi connectivity index (χ3v) is 4.36. The van der Waals surface area contributed by atoms with Gasteiger partial charge in [0, 0.05) is 0 Å². The molecule has 0 bridgehead atoms. The van der Waals surface area contributed by atoms with Crippen molar-refractivity contribution in [1.82, 2.24) is 0 Å². The first-order valence-electron chi connectivity index (χ1n) is 4.94. The molecule has 3 nitrogen and oxygen atoms in total. The van der Waals surface area contributed by atoms with Crippen LogP contribution in [0.2, 0.25) is 10.0 Å². The minimum Gasteiger partial charge on any atom is -0.379 e. The molecule has 0 aliphatic heterocycles. The highest BCUT2D eigenvalue weighted by Crippen LogP contribution is 2.30. The first-order chi connectivity index (χ1) is 8.50. The summed E-state index contributed by atoms with van der Waals surface area (Å²) in [4.78, 5) is -0.152. The summed E-state index contributed by atoms with van der Waals surface area (Å²) in [7, 11) is -3.98. The van der Waals surface area contributed by atoms with Gasteiger partial charge in [-0.1, -0.05) is 47.5 Å². The zero-order valence-electron chi connectivity index (χ0n) is 9.01. The average molecular weight is 303 g/mol. The quantitative estimate of drug-likeness (QED) is 0.811. The van der Waals surface area contributed by atoms with Crippen molar-refractivity contribution in [1.29, 1.82) is 0 Å². The van der Waals surface area contributed by atoms with E-state index in [1.54, 1.807) is 18.2 Å². The molecular weight excluding hydrogens is 295 g/mol. The van der Waals surface area contributed by atoms with E-state index in [-0.39, 0.29) is 20.7 Å². The van der Waals surface area contributed by atoms with Gasteiger partial charge in [-0.3, -0.25) is 0 Å². The summed E-state index contributed by atoms with van der Waals surface area (Å²) >= 11 is 11.6. The Kier molecular flexibility index (Phi) is 3.80. The smallest absolute Gasteiger partial charge is 0.340 e. The molecule has 0 saturated carbocycles. The van der Waals surface area contributed by atoms with Gasteiger partial charge >= 0.3 is 10.1 Å². The molecule has 94 valence electrons. The lowest BCUT2D eigenvalue weighted by atomic mass is 10.3. The van der Waals surface area contributed by atoms with Crippen LogP contribution in [0.1, 0.15) is 0 Å². The summed E-state index contributed by atoms with van der Waals surface area (Å²) in [6, 6.07) is 12.5. The molecule has 0 atom stereocenters.